The van der Waals surface area contributed by atoms with Gasteiger partial charge in [-0.15, -0.1) is 0 Å². The van der Waals surface area contributed by atoms with Gasteiger partial charge in [-0.05, 0) is 25.0 Å². The fourth-order valence-corrected chi connectivity index (χ4v) is 1.40. The molecule has 10 heavy (non-hydrogen) atoms. The molecule has 1 aromatic heterocycles. The van der Waals surface area contributed by atoms with Crippen LogP contribution in [-0.2, 0) is 6.42 Å². The van der Waals surface area contributed by atoms with Crippen LogP contribution in [0.5, 0.6) is 0 Å². The molecule has 0 bridgehead atoms. The van der Waals surface area contributed by atoms with Gasteiger partial charge in [-0.2, -0.15) is 5.10 Å². The van der Waals surface area contributed by atoms with Gasteiger partial charge in [0.05, 0.1) is 0 Å². The first-order valence-electron chi connectivity index (χ1n) is 3.27. The second-order valence-electron chi connectivity index (χ2n) is 2.30. The summed E-state index contributed by atoms with van der Waals surface area (Å²) < 4.78 is 1.77. The zero-order chi connectivity index (χ0) is 6.97. The van der Waals surface area contributed by atoms with E-state index in [4.69, 9.17) is 11.6 Å². The molecule has 0 radical (unpaired) electrons. The van der Waals surface area contributed by atoms with Crippen LogP contribution in [0.1, 0.15) is 12.1 Å². The number of aryl methyl sites for hydroxylation is 1. The van der Waals surface area contributed by atoms with Gasteiger partial charge in [0.2, 0.25) is 0 Å². The third-order valence-electron chi connectivity index (χ3n) is 1.64. The summed E-state index contributed by atoms with van der Waals surface area (Å²) in [5.41, 5.74) is 1.20. The van der Waals surface area contributed by atoms with Crippen molar-refractivity contribution < 1.29 is 0 Å². The minimum atomic E-state index is 0.728. The lowest BCUT2D eigenvalue weighted by Gasteiger charge is -2.09. The molecular weight excluding hydrogens is 148 g/mol. The van der Waals surface area contributed by atoms with Crippen molar-refractivity contribution in [2.75, 3.05) is 0 Å². The van der Waals surface area contributed by atoms with E-state index in [-0.39, 0.29) is 0 Å². The van der Waals surface area contributed by atoms with Gasteiger partial charge in [-0.1, -0.05) is 11.6 Å². The summed E-state index contributed by atoms with van der Waals surface area (Å²) in [5, 5.41) is 4.78. The zero-order valence-electron chi connectivity index (χ0n) is 5.42. The van der Waals surface area contributed by atoms with Crippen LogP contribution in [0.2, 0.25) is 0 Å². The predicted octanol–water partition coefficient (Wildman–Crippen LogP) is 1.87. The molecular formula is C7H7ClN2. The lowest BCUT2D eigenvalue weighted by atomic mass is 10.2. The Balaban J connectivity index is 2.55. The van der Waals surface area contributed by atoms with Crippen molar-refractivity contribution >= 4 is 16.8 Å². The maximum Gasteiger partial charge on any atom is 0.126 e. The van der Waals surface area contributed by atoms with Crippen molar-refractivity contribution in [1.29, 1.82) is 0 Å². The van der Waals surface area contributed by atoms with Crippen molar-refractivity contribution in [2.45, 2.75) is 12.8 Å². The quantitative estimate of drug-likeness (QED) is 0.558. The van der Waals surface area contributed by atoms with Gasteiger partial charge in [0.25, 0.3) is 0 Å². The molecule has 0 unspecified atom stereocenters. The molecule has 1 aliphatic rings. The smallest absolute Gasteiger partial charge is 0.126 e. The Morgan fingerprint density at radius 3 is 3.30 bits per heavy atom. The van der Waals surface area contributed by atoms with E-state index in [9.17, 15) is 0 Å². The minimum Gasteiger partial charge on any atom is -0.227 e. The van der Waals surface area contributed by atoms with Gasteiger partial charge in [-0.25, -0.2) is 4.68 Å². The number of nitrogens with zero attached hydrogens (tertiary/aromatic N) is 2. The number of aromatic nitrogens is 2. The second kappa shape index (κ2) is 2.13. The molecule has 0 fully saturated rings. The molecule has 1 aromatic rings. The highest BCUT2D eigenvalue weighted by molar-refractivity contribution is 6.45. The van der Waals surface area contributed by atoms with E-state index >= 15 is 0 Å². The zero-order valence-corrected chi connectivity index (χ0v) is 6.17. The highest BCUT2D eigenvalue weighted by Gasteiger charge is 2.08. The van der Waals surface area contributed by atoms with E-state index < -0.39 is 0 Å². The van der Waals surface area contributed by atoms with Gasteiger partial charge in [0.1, 0.15) is 5.16 Å². The first-order chi connectivity index (χ1) is 4.88. The van der Waals surface area contributed by atoms with Crippen molar-refractivity contribution in [1.82, 2.24) is 9.78 Å². The number of fused-ring (bicyclic) bond motifs is 1. The SMILES string of the molecule is ClC1=CCCc2ccnn21. The molecule has 2 heterocycles. The summed E-state index contributed by atoms with van der Waals surface area (Å²) in [6.07, 6.45) is 5.85. The van der Waals surface area contributed by atoms with Crippen LogP contribution in [0.4, 0.5) is 0 Å². The Labute approximate surface area is 64.1 Å². The molecule has 0 atom stereocenters. The Morgan fingerprint density at radius 1 is 1.60 bits per heavy atom. The van der Waals surface area contributed by atoms with Crippen LogP contribution in [0.25, 0.3) is 5.16 Å². The highest BCUT2D eigenvalue weighted by Crippen LogP contribution is 2.19. The first-order valence-corrected chi connectivity index (χ1v) is 3.64. The topological polar surface area (TPSA) is 17.8 Å². The van der Waals surface area contributed by atoms with Crippen LogP contribution in [-0.4, -0.2) is 9.78 Å². The highest BCUT2D eigenvalue weighted by atomic mass is 35.5. The number of rotatable bonds is 0. The molecule has 52 valence electrons. The molecule has 2 nitrogen and oxygen atoms in total. The summed E-state index contributed by atoms with van der Waals surface area (Å²) in [5.74, 6) is 0. The maximum absolute atomic E-state index is 5.85. The van der Waals surface area contributed by atoms with Crippen LogP contribution < -0.4 is 0 Å². The summed E-state index contributed by atoms with van der Waals surface area (Å²) in [7, 11) is 0. The van der Waals surface area contributed by atoms with E-state index in [1.54, 1.807) is 10.9 Å². The van der Waals surface area contributed by atoms with Crippen molar-refractivity contribution in [3.8, 4) is 0 Å². The number of hydrogen-bond acceptors (Lipinski definition) is 1. The molecule has 0 aromatic carbocycles. The average molecular weight is 155 g/mol. The average Bonchev–Trinajstić information content (AvgIpc) is 2.36. The van der Waals surface area contributed by atoms with Crippen molar-refractivity contribution in [3.05, 3.63) is 24.0 Å². The molecule has 0 saturated carbocycles. The van der Waals surface area contributed by atoms with Crippen LogP contribution >= 0.6 is 11.6 Å². The Morgan fingerprint density at radius 2 is 2.50 bits per heavy atom. The largest absolute Gasteiger partial charge is 0.227 e. The monoisotopic (exact) mass is 154 g/mol. The molecule has 2 rings (SSSR count). The van der Waals surface area contributed by atoms with Gasteiger partial charge >= 0.3 is 0 Å². The predicted molar refractivity (Wildman–Crippen MR) is 40.7 cm³/mol. The lowest BCUT2D eigenvalue weighted by Crippen LogP contribution is -2.04. The van der Waals surface area contributed by atoms with Crippen LogP contribution in [0.3, 0.4) is 0 Å². The van der Waals surface area contributed by atoms with Gasteiger partial charge in [-0.3, -0.25) is 0 Å². The number of allylic oxidation sites excluding steroid dienone is 1. The number of halogens is 1. The van der Waals surface area contributed by atoms with Crippen molar-refractivity contribution in [2.24, 2.45) is 0 Å². The lowest BCUT2D eigenvalue weighted by molar-refractivity contribution is 0.791. The fourth-order valence-electron chi connectivity index (χ4n) is 1.14. The fraction of sp³-hybridized carbons (Fsp3) is 0.286. The first kappa shape index (κ1) is 5.98. The third-order valence-corrected chi connectivity index (χ3v) is 1.95. The normalized spacial score (nSPS) is 16.3. The van der Waals surface area contributed by atoms with E-state index in [0.29, 0.717) is 0 Å². The Bertz CT molecular complexity index is 275. The van der Waals surface area contributed by atoms with Gasteiger partial charge < -0.3 is 0 Å². The molecule has 0 aliphatic carbocycles. The van der Waals surface area contributed by atoms with E-state index in [1.165, 1.54) is 5.69 Å². The number of hydrogen-bond donors (Lipinski definition) is 0. The molecule has 0 spiro atoms. The molecule has 0 amide bonds. The second-order valence-corrected chi connectivity index (χ2v) is 2.69. The summed E-state index contributed by atoms with van der Waals surface area (Å²) in [6.45, 7) is 0. The summed E-state index contributed by atoms with van der Waals surface area (Å²) in [4.78, 5) is 0. The van der Waals surface area contributed by atoms with Crippen LogP contribution in [0, 0.1) is 0 Å². The molecule has 0 N–H and O–H groups in total. The summed E-state index contributed by atoms with van der Waals surface area (Å²) in [6, 6.07) is 2.00. The van der Waals surface area contributed by atoms with E-state index in [1.807, 2.05) is 12.1 Å². The van der Waals surface area contributed by atoms with Crippen molar-refractivity contribution in [3.63, 3.8) is 0 Å². The third kappa shape index (κ3) is 0.762. The van der Waals surface area contributed by atoms with Gasteiger partial charge in [0, 0.05) is 11.9 Å². The van der Waals surface area contributed by atoms with Crippen LogP contribution in [0.15, 0.2) is 18.3 Å². The molecule has 1 aliphatic heterocycles. The standard InChI is InChI=1S/C7H7ClN2/c8-7-3-1-2-6-4-5-9-10(6)7/h3-5H,1-2H2. The van der Waals surface area contributed by atoms with E-state index in [2.05, 4.69) is 5.10 Å². The van der Waals surface area contributed by atoms with Gasteiger partial charge in [0.15, 0.2) is 0 Å². The maximum atomic E-state index is 5.85. The van der Waals surface area contributed by atoms with E-state index in [0.717, 1.165) is 18.0 Å². The molecule has 0 saturated heterocycles. The Hall–Kier alpha value is -0.760. The summed E-state index contributed by atoms with van der Waals surface area (Å²) >= 11 is 5.85. The Kier molecular flexibility index (Phi) is 1.27. The molecule has 3 heteroatoms. The minimum absolute atomic E-state index is 0.728.